The SMILES string of the molecule is COC(=O)CC1CCCc2c1n(Cc1ccc(NC(C)=O)cc1)c1c(F)cc(F)cc21. The smallest absolute Gasteiger partial charge is 0.306 e. The number of rotatable bonds is 5. The van der Waals surface area contributed by atoms with Crippen LogP contribution in [0.5, 0.6) is 0 Å². The number of methoxy groups -OCH3 is 1. The number of aromatic nitrogens is 1. The van der Waals surface area contributed by atoms with Crippen LogP contribution in [0.25, 0.3) is 10.9 Å². The Bertz CT molecular complexity index is 1150. The number of halogens is 2. The van der Waals surface area contributed by atoms with Crippen LogP contribution in [0, 0.1) is 11.6 Å². The average molecular weight is 426 g/mol. The lowest BCUT2D eigenvalue weighted by Crippen LogP contribution is -2.18. The predicted octanol–water partition coefficient (Wildman–Crippen LogP) is 4.91. The molecule has 0 saturated heterocycles. The number of benzene rings is 2. The van der Waals surface area contributed by atoms with Crippen molar-refractivity contribution in [1.82, 2.24) is 4.57 Å². The summed E-state index contributed by atoms with van der Waals surface area (Å²) in [5, 5.41) is 3.29. The Morgan fingerprint density at radius 3 is 2.61 bits per heavy atom. The van der Waals surface area contributed by atoms with Crippen molar-refractivity contribution in [2.75, 3.05) is 12.4 Å². The Hall–Kier alpha value is -3.22. The maximum atomic E-state index is 15.0. The molecule has 31 heavy (non-hydrogen) atoms. The van der Waals surface area contributed by atoms with Gasteiger partial charge in [-0.2, -0.15) is 0 Å². The lowest BCUT2D eigenvalue weighted by Gasteiger charge is -2.25. The van der Waals surface area contributed by atoms with Crippen LogP contribution in [0.1, 0.15) is 48.9 Å². The molecule has 1 N–H and O–H groups in total. The van der Waals surface area contributed by atoms with Crippen molar-refractivity contribution in [2.45, 2.75) is 45.1 Å². The minimum atomic E-state index is -0.615. The highest BCUT2D eigenvalue weighted by molar-refractivity contribution is 5.89. The third-order valence-electron chi connectivity index (χ3n) is 5.84. The number of hydrogen-bond donors (Lipinski definition) is 1. The van der Waals surface area contributed by atoms with Crippen LogP contribution in [0.2, 0.25) is 0 Å². The molecular weight excluding hydrogens is 402 g/mol. The molecule has 4 rings (SSSR count). The van der Waals surface area contributed by atoms with E-state index in [1.165, 1.54) is 20.1 Å². The van der Waals surface area contributed by atoms with E-state index in [4.69, 9.17) is 4.74 Å². The fraction of sp³-hybridized carbons (Fsp3) is 0.333. The Balaban J connectivity index is 1.82. The van der Waals surface area contributed by atoms with Gasteiger partial charge in [0, 0.05) is 42.2 Å². The van der Waals surface area contributed by atoms with Crippen molar-refractivity contribution in [3.8, 4) is 0 Å². The van der Waals surface area contributed by atoms with E-state index < -0.39 is 11.6 Å². The van der Waals surface area contributed by atoms with E-state index in [0.29, 0.717) is 29.6 Å². The maximum absolute atomic E-state index is 15.0. The average Bonchev–Trinajstić information content (AvgIpc) is 3.03. The fourth-order valence-corrected chi connectivity index (χ4v) is 4.61. The van der Waals surface area contributed by atoms with Crippen LogP contribution in [-0.4, -0.2) is 23.6 Å². The number of esters is 1. The zero-order chi connectivity index (χ0) is 22.1. The summed E-state index contributed by atoms with van der Waals surface area (Å²) in [6.07, 6.45) is 2.54. The minimum absolute atomic E-state index is 0.121. The number of carbonyl (C=O) groups is 2. The number of anilines is 1. The monoisotopic (exact) mass is 426 g/mol. The summed E-state index contributed by atoms with van der Waals surface area (Å²) in [4.78, 5) is 23.3. The highest BCUT2D eigenvalue weighted by atomic mass is 19.1. The largest absolute Gasteiger partial charge is 0.469 e. The molecule has 1 aromatic heterocycles. The second-order valence-corrected chi connectivity index (χ2v) is 7.98. The molecule has 1 atom stereocenters. The molecule has 0 saturated carbocycles. The molecule has 162 valence electrons. The Morgan fingerprint density at radius 1 is 1.19 bits per heavy atom. The zero-order valence-corrected chi connectivity index (χ0v) is 17.5. The van der Waals surface area contributed by atoms with Gasteiger partial charge >= 0.3 is 5.97 Å². The molecule has 1 amide bonds. The highest BCUT2D eigenvalue weighted by Crippen LogP contribution is 2.41. The lowest BCUT2D eigenvalue weighted by atomic mass is 9.84. The first kappa shape index (κ1) is 21.0. The first-order valence-electron chi connectivity index (χ1n) is 10.3. The number of ether oxygens (including phenoxy) is 1. The summed E-state index contributed by atoms with van der Waals surface area (Å²) in [5.74, 6) is -1.82. The number of hydrogen-bond acceptors (Lipinski definition) is 3. The van der Waals surface area contributed by atoms with Gasteiger partial charge in [-0.1, -0.05) is 12.1 Å². The van der Waals surface area contributed by atoms with Gasteiger partial charge < -0.3 is 14.6 Å². The molecule has 5 nitrogen and oxygen atoms in total. The Kier molecular flexibility index (Phi) is 5.76. The van der Waals surface area contributed by atoms with E-state index >= 15 is 0 Å². The van der Waals surface area contributed by atoms with Crippen LogP contribution >= 0.6 is 0 Å². The van der Waals surface area contributed by atoms with Gasteiger partial charge in [-0.05, 0) is 48.6 Å². The zero-order valence-electron chi connectivity index (χ0n) is 17.5. The number of nitrogens with one attached hydrogen (secondary N) is 1. The summed E-state index contributed by atoms with van der Waals surface area (Å²) >= 11 is 0. The second-order valence-electron chi connectivity index (χ2n) is 7.98. The van der Waals surface area contributed by atoms with Gasteiger partial charge in [0.15, 0.2) is 0 Å². The number of amides is 1. The summed E-state index contributed by atoms with van der Waals surface area (Å²) in [5.41, 5.74) is 3.71. The van der Waals surface area contributed by atoms with Gasteiger partial charge in [-0.15, -0.1) is 0 Å². The number of fused-ring (bicyclic) bond motifs is 3. The van der Waals surface area contributed by atoms with Crippen molar-refractivity contribution < 1.29 is 23.1 Å². The highest BCUT2D eigenvalue weighted by Gasteiger charge is 2.31. The number of nitrogens with zero attached hydrogens (tertiary/aromatic N) is 1. The standard InChI is InChI=1S/C24H24F2N2O3/c1-14(29)27-18-8-6-15(7-9-18)13-28-23-16(10-22(30)31-2)4-3-5-19(23)20-11-17(25)12-21(26)24(20)28/h6-9,11-12,16H,3-5,10,13H2,1-2H3,(H,27,29). The first-order valence-corrected chi connectivity index (χ1v) is 10.3. The summed E-state index contributed by atoms with van der Waals surface area (Å²) in [6.45, 7) is 1.81. The van der Waals surface area contributed by atoms with Crippen LogP contribution in [0.15, 0.2) is 36.4 Å². The molecule has 7 heteroatoms. The van der Waals surface area contributed by atoms with Crippen molar-refractivity contribution in [1.29, 1.82) is 0 Å². The van der Waals surface area contributed by atoms with Gasteiger partial charge in [0.25, 0.3) is 0 Å². The fourth-order valence-electron chi connectivity index (χ4n) is 4.61. The minimum Gasteiger partial charge on any atom is -0.469 e. The van der Waals surface area contributed by atoms with E-state index in [9.17, 15) is 18.4 Å². The molecule has 1 aliphatic carbocycles. The van der Waals surface area contributed by atoms with Crippen molar-refractivity contribution in [3.05, 3.63) is 64.9 Å². The molecule has 0 bridgehead atoms. The van der Waals surface area contributed by atoms with Crippen molar-refractivity contribution >= 4 is 28.5 Å². The molecule has 1 unspecified atom stereocenters. The molecule has 3 aromatic rings. The Labute approximate surface area is 179 Å². The van der Waals surface area contributed by atoms with E-state index in [0.717, 1.165) is 35.7 Å². The summed E-state index contributed by atoms with van der Waals surface area (Å²) in [7, 11) is 1.35. The normalized spacial score (nSPS) is 15.5. The van der Waals surface area contributed by atoms with Crippen molar-refractivity contribution in [2.24, 2.45) is 0 Å². The van der Waals surface area contributed by atoms with Crippen LogP contribution < -0.4 is 5.32 Å². The molecule has 2 aromatic carbocycles. The second kappa shape index (κ2) is 8.49. The molecule has 0 fully saturated rings. The van der Waals surface area contributed by atoms with Gasteiger partial charge in [0.2, 0.25) is 5.91 Å². The van der Waals surface area contributed by atoms with Gasteiger partial charge in [-0.3, -0.25) is 9.59 Å². The number of aryl methyl sites for hydroxylation is 1. The Morgan fingerprint density at radius 2 is 1.94 bits per heavy atom. The third-order valence-corrected chi connectivity index (χ3v) is 5.84. The number of carbonyl (C=O) groups excluding carboxylic acids is 2. The van der Waals surface area contributed by atoms with Crippen molar-refractivity contribution in [3.63, 3.8) is 0 Å². The topological polar surface area (TPSA) is 60.3 Å². The van der Waals surface area contributed by atoms with E-state index in [1.54, 1.807) is 12.1 Å². The van der Waals surface area contributed by atoms with Crippen LogP contribution in [-0.2, 0) is 27.3 Å². The van der Waals surface area contributed by atoms with Gasteiger partial charge in [0.1, 0.15) is 11.6 Å². The van der Waals surface area contributed by atoms with Crippen LogP contribution in [0.4, 0.5) is 14.5 Å². The molecule has 0 spiro atoms. The van der Waals surface area contributed by atoms with Gasteiger partial charge in [-0.25, -0.2) is 8.78 Å². The maximum Gasteiger partial charge on any atom is 0.306 e. The molecule has 0 aliphatic heterocycles. The van der Waals surface area contributed by atoms with Crippen LogP contribution in [0.3, 0.4) is 0 Å². The summed E-state index contributed by atoms with van der Waals surface area (Å²) in [6, 6.07) is 9.59. The van der Waals surface area contributed by atoms with Gasteiger partial charge in [0.05, 0.1) is 19.0 Å². The molecule has 1 aliphatic rings. The lowest BCUT2D eigenvalue weighted by molar-refractivity contribution is -0.141. The third kappa shape index (κ3) is 4.17. The van der Waals surface area contributed by atoms with E-state index in [1.807, 2.05) is 16.7 Å². The molecule has 1 heterocycles. The summed E-state index contributed by atoms with van der Waals surface area (Å²) < 4.78 is 35.8. The first-order chi connectivity index (χ1) is 14.9. The molecular formula is C24H24F2N2O3. The predicted molar refractivity (Wildman–Crippen MR) is 114 cm³/mol. The molecule has 0 radical (unpaired) electrons. The quantitative estimate of drug-likeness (QED) is 0.590. The van der Waals surface area contributed by atoms with E-state index in [-0.39, 0.29) is 24.2 Å². The van der Waals surface area contributed by atoms with E-state index in [2.05, 4.69) is 5.32 Å².